The summed E-state index contributed by atoms with van der Waals surface area (Å²) in [5.41, 5.74) is 1.59. The molecule has 0 radical (unpaired) electrons. The number of halogens is 1. The van der Waals surface area contributed by atoms with Gasteiger partial charge in [-0.25, -0.2) is 0 Å². The Hall–Kier alpha value is 0.340. The number of hydrogen-bond donors (Lipinski definition) is 1. The van der Waals surface area contributed by atoms with Gasteiger partial charge in [0.15, 0.2) is 0 Å². The van der Waals surface area contributed by atoms with Crippen LogP contribution in [-0.2, 0) is 0 Å². The highest BCUT2D eigenvalue weighted by atomic mass is 35.5. The van der Waals surface area contributed by atoms with Crippen molar-refractivity contribution in [2.45, 2.75) is 0 Å². The third kappa shape index (κ3) is 2.95. The third-order valence-corrected chi connectivity index (χ3v) is 2.84. The third-order valence-electron chi connectivity index (χ3n) is 1.52. The molecular weight excluding hydrogens is 166 g/mol. The van der Waals surface area contributed by atoms with Crippen LogP contribution in [0.4, 0.5) is 0 Å². The molecule has 1 saturated heterocycles. The van der Waals surface area contributed by atoms with Gasteiger partial charge in [-0.05, 0) is 24.8 Å². The number of nitrogens with one attached hydrogen (secondary N) is 1. The molecular formula is C7H12ClNS. The Balaban J connectivity index is 1.85. The van der Waals surface area contributed by atoms with Crippen molar-refractivity contribution in [1.82, 2.24) is 5.32 Å². The molecule has 0 aromatic rings. The van der Waals surface area contributed by atoms with E-state index in [0.29, 0.717) is 0 Å². The molecule has 1 fully saturated rings. The Labute approximate surface area is 71.2 Å². The summed E-state index contributed by atoms with van der Waals surface area (Å²) in [6.45, 7) is 2.41. The Morgan fingerprint density at radius 3 is 2.90 bits per heavy atom. The average molecular weight is 178 g/mol. The minimum atomic E-state index is 0.911. The summed E-state index contributed by atoms with van der Waals surface area (Å²) in [7, 11) is 0. The van der Waals surface area contributed by atoms with Gasteiger partial charge in [0, 0.05) is 11.3 Å². The van der Waals surface area contributed by atoms with E-state index in [1.54, 1.807) is 5.54 Å². The smallest absolute Gasteiger partial charge is 0.0125 e. The van der Waals surface area contributed by atoms with E-state index in [4.69, 9.17) is 11.6 Å². The van der Waals surface area contributed by atoms with Gasteiger partial charge in [-0.1, -0.05) is 17.7 Å². The first-order chi connectivity index (χ1) is 4.93. The summed E-state index contributed by atoms with van der Waals surface area (Å²) in [5.74, 6) is 3.24. The van der Waals surface area contributed by atoms with E-state index in [2.05, 4.69) is 5.32 Å². The van der Waals surface area contributed by atoms with Crippen LogP contribution in [0.15, 0.2) is 11.6 Å². The average Bonchev–Trinajstić information content (AvgIpc) is 1.84. The SMILES string of the molecule is ClC=CCSCC1CNC1. The lowest BCUT2D eigenvalue weighted by atomic mass is 10.1. The molecule has 0 atom stereocenters. The van der Waals surface area contributed by atoms with Gasteiger partial charge in [-0.3, -0.25) is 0 Å². The topological polar surface area (TPSA) is 12.0 Å². The van der Waals surface area contributed by atoms with Crippen LogP contribution in [-0.4, -0.2) is 24.6 Å². The molecule has 1 aliphatic heterocycles. The van der Waals surface area contributed by atoms with Crippen molar-refractivity contribution in [2.75, 3.05) is 24.6 Å². The first kappa shape index (κ1) is 8.44. The molecule has 1 N–H and O–H groups in total. The van der Waals surface area contributed by atoms with Gasteiger partial charge in [-0.2, -0.15) is 11.8 Å². The van der Waals surface area contributed by atoms with Gasteiger partial charge in [0.05, 0.1) is 0 Å². The molecule has 0 amide bonds. The second kappa shape index (κ2) is 5.05. The molecule has 1 rings (SSSR count). The first-order valence-electron chi connectivity index (χ1n) is 3.47. The number of thioether (sulfide) groups is 1. The Kier molecular flexibility index (Phi) is 4.26. The van der Waals surface area contributed by atoms with E-state index in [-0.39, 0.29) is 0 Å². The van der Waals surface area contributed by atoms with Gasteiger partial charge in [0.2, 0.25) is 0 Å². The zero-order valence-electron chi connectivity index (χ0n) is 5.85. The van der Waals surface area contributed by atoms with Crippen LogP contribution >= 0.6 is 23.4 Å². The van der Waals surface area contributed by atoms with Gasteiger partial charge < -0.3 is 5.32 Å². The zero-order valence-corrected chi connectivity index (χ0v) is 7.42. The second-order valence-electron chi connectivity index (χ2n) is 2.42. The molecule has 0 spiro atoms. The molecule has 0 aromatic carbocycles. The van der Waals surface area contributed by atoms with E-state index in [1.165, 1.54) is 18.8 Å². The molecule has 3 heteroatoms. The molecule has 0 unspecified atom stereocenters. The second-order valence-corrected chi connectivity index (χ2v) is 3.75. The maximum atomic E-state index is 5.36. The highest BCUT2D eigenvalue weighted by Crippen LogP contribution is 2.12. The molecule has 1 nitrogen and oxygen atoms in total. The van der Waals surface area contributed by atoms with E-state index in [1.807, 2.05) is 17.8 Å². The molecule has 10 heavy (non-hydrogen) atoms. The van der Waals surface area contributed by atoms with Crippen molar-refractivity contribution >= 4 is 23.4 Å². The molecule has 58 valence electrons. The van der Waals surface area contributed by atoms with E-state index in [9.17, 15) is 0 Å². The molecule has 0 saturated carbocycles. The lowest BCUT2D eigenvalue weighted by molar-refractivity contribution is 0.385. The minimum Gasteiger partial charge on any atom is -0.316 e. The highest BCUT2D eigenvalue weighted by Gasteiger charge is 2.15. The lowest BCUT2D eigenvalue weighted by Gasteiger charge is -2.26. The van der Waals surface area contributed by atoms with Crippen molar-refractivity contribution in [3.05, 3.63) is 11.6 Å². The first-order valence-corrected chi connectivity index (χ1v) is 5.06. The Morgan fingerprint density at radius 2 is 2.40 bits per heavy atom. The summed E-state index contributed by atoms with van der Waals surface area (Å²) < 4.78 is 0. The highest BCUT2D eigenvalue weighted by molar-refractivity contribution is 7.99. The van der Waals surface area contributed by atoms with Crippen LogP contribution in [0.2, 0.25) is 0 Å². The maximum absolute atomic E-state index is 5.36. The zero-order chi connectivity index (χ0) is 7.23. The Morgan fingerprint density at radius 1 is 1.60 bits per heavy atom. The summed E-state index contributed by atoms with van der Waals surface area (Å²) in [4.78, 5) is 0. The predicted molar refractivity (Wildman–Crippen MR) is 48.7 cm³/mol. The summed E-state index contributed by atoms with van der Waals surface area (Å²) in [6, 6.07) is 0. The fourth-order valence-electron chi connectivity index (χ4n) is 0.805. The van der Waals surface area contributed by atoms with Gasteiger partial charge in [0.1, 0.15) is 0 Å². The fourth-order valence-corrected chi connectivity index (χ4v) is 1.94. The van der Waals surface area contributed by atoms with E-state index < -0.39 is 0 Å². The normalized spacial score (nSPS) is 19.7. The quantitative estimate of drug-likeness (QED) is 0.657. The molecule has 1 aliphatic rings. The van der Waals surface area contributed by atoms with Crippen LogP contribution in [0.1, 0.15) is 0 Å². The number of hydrogen-bond acceptors (Lipinski definition) is 2. The van der Waals surface area contributed by atoms with Crippen molar-refractivity contribution in [3.8, 4) is 0 Å². The van der Waals surface area contributed by atoms with E-state index >= 15 is 0 Å². The largest absolute Gasteiger partial charge is 0.316 e. The predicted octanol–water partition coefficient (Wildman–Crippen LogP) is 1.69. The molecule has 0 aliphatic carbocycles. The van der Waals surface area contributed by atoms with Crippen LogP contribution in [0.5, 0.6) is 0 Å². The summed E-state index contributed by atoms with van der Waals surface area (Å²) in [5, 5.41) is 3.24. The minimum absolute atomic E-state index is 0.911. The van der Waals surface area contributed by atoms with Crippen molar-refractivity contribution < 1.29 is 0 Å². The maximum Gasteiger partial charge on any atom is 0.0125 e. The summed E-state index contributed by atoms with van der Waals surface area (Å²) >= 11 is 7.31. The van der Waals surface area contributed by atoms with Crippen LogP contribution < -0.4 is 5.32 Å². The monoisotopic (exact) mass is 177 g/mol. The van der Waals surface area contributed by atoms with Gasteiger partial charge in [0.25, 0.3) is 0 Å². The van der Waals surface area contributed by atoms with Gasteiger partial charge in [-0.15, -0.1) is 0 Å². The van der Waals surface area contributed by atoms with Crippen molar-refractivity contribution in [2.24, 2.45) is 5.92 Å². The van der Waals surface area contributed by atoms with Crippen molar-refractivity contribution in [1.29, 1.82) is 0 Å². The molecule has 0 aromatic heterocycles. The van der Waals surface area contributed by atoms with E-state index in [0.717, 1.165) is 11.7 Å². The molecule has 1 heterocycles. The van der Waals surface area contributed by atoms with Crippen LogP contribution in [0.3, 0.4) is 0 Å². The number of rotatable bonds is 4. The summed E-state index contributed by atoms with van der Waals surface area (Å²) in [6.07, 6.45) is 1.98. The Bertz CT molecular complexity index is 112. The lowest BCUT2D eigenvalue weighted by Crippen LogP contribution is -2.43. The fraction of sp³-hybridized carbons (Fsp3) is 0.714. The van der Waals surface area contributed by atoms with Crippen LogP contribution in [0.25, 0.3) is 0 Å². The van der Waals surface area contributed by atoms with Gasteiger partial charge >= 0.3 is 0 Å². The van der Waals surface area contributed by atoms with Crippen LogP contribution in [0, 0.1) is 5.92 Å². The standard InChI is InChI=1S/C7H12ClNS/c8-2-1-3-10-6-7-4-9-5-7/h1-2,7,9H,3-6H2. The van der Waals surface area contributed by atoms with Crippen molar-refractivity contribution in [3.63, 3.8) is 0 Å². The molecule has 0 bridgehead atoms.